The third-order valence-corrected chi connectivity index (χ3v) is 5.48. The Balaban J connectivity index is 1.77. The maximum atomic E-state index is 12.6. The highest BCUT2D eigenvalue weighted by molar-refractivity contribution is 7.92. The van der Waals surface area contributed by atoms with Crippen molar-refractivity contribution in [1.29, 1.82) is 0 Å². The first-order chi connectivity index (χ1) is 12.9. The number of nitrogens with one attached hydrogen (secondary N) is 2. The number of pyridine rings is 1. The Kier molecular flexibility index (Phi) is 5.23. The molecule has 1 aromatic heterocycles. The molecule has 0 aliphatic rings. The second-order valence-electron chi connectivity index (χ2n) is 6.09. The first-order valence-corrected chi connectivity index (χ1v) is 9.75. The standard InChI is InChI=1S/C20H19N3O3S/c1-14-5-3-4-6-18(14)23-27(25,26)17-9-7-16(8-10-17)20(24)22-19-13-21-12-11-15(19)2/h3-13,23H,1-2H3,(H,22,24). The average molecular weight is 381 g/mol. The summed E-state index contributed by atoms with van der Waals surface area (Å²) in [7, 11) is -3.74. The van der Waals surface area contributed by atoms with Crippen LogP contribution in [0.15, 0.2) is 71.9 Å². The number of carbonyl (C=O) groups is 1. The Hall–Kier alpha value is -3.19. The predicted octanol–water partition coefficient (Wildman–Crippen LogP) is 3.75. The van der Waals surface area contributed by atoms with Crippen LogP contribution in [0.25, 0.3) is 0 Å². The van der Waals surface area contributed by atoms with E-state index in [1.807, 2.05) is 26.0 Å². The van der Waals surface area contributed by atoms with Crippen molar-refractivity contribution in [2.75, 3.05) is 10.0 Å². The van der Waals surface area contributed by atoms with Gasteiger partial charge in [0.1, 0.15) is 0 Å². The van der Waals surface area contributed by atoms with Gasteiger partial charge in [-0.15, -0.1) is 0 Å². The van der Waals surface area contributed by atoms with Crippen molar-refractivity contribution in [3.8, 4) is 0 Å². The maximum absolute atomic E-state index is 12.6. The Morgan fingerprint density at radius 3 is 2.22 bits per heavy atom. The van der Waals surface area contributed by atoms with E-state index in [1.165, 1.54) is 24.3 Å². The molecule has 6 nitrogen and oxygen atoms in total. The molecule has 7 heteroatoms. The summed E-state index contributed by atoms with van der Waals surface area (Å²) in [5.74, 6) is -0.332. The molecule has 1 amide bonds. The van der Waals surface area contributed by atoms with E-state index in [0.717, 1.165) is 11.1 Å². The van der Waals surface area contributed by atoms with Crippen LogP contribution in [-0.2, 0) is 10.0 Å². The van der Waals surface area contributed by atoms with E-state index in [-0.39, 0.29) is 10.8 Å². The smallest absolute Gasteiger partial charge is 0.261 e. The monoisotopic (exact) mass is 381 g/mol. The largest absolute Gasteiger partial charge is 0.320 e. The molecular weight excluding hydrogens is 362 g/mol. The van der Waals surface area contributed by atoms with Crippen LogP contribution < -0.4 is 10.0 Å². The molecule has 3 aromatic rings. The molecule has 0 spiro atoms. The molecule has 0 radical (unpaired) electrons. The third-order valence-electron chi connectivity index (χ3n) is 4.10. The van der Waals surface area contributed by atoms with Gasteiger partial charge in [0.2, 0.25) is 0 Å². The summed E-state index contributed by atoms with van der Waals surface area (Å²) in [5, 5.41) is 2.77. The molecule has 2 aromatic carbocycles. The Bertz CT molecular complexity index is 1080. The lowest BCUT2D eigenvalue weighted by Gasteiger charge is -2.11. The zero-order valence-corrected chi connectivity index (χ0v) is 15.7. The first-order valence-electron chi connectivity index (χ1n) is 8.27. The summed E-state index contributed by atoms with van der Waals surface area (Å²) in [6, 6.07) is 14.7. The number of amides is 1. The minimum Gasteiger partial charge on any atom is -0.320 e. The quantitative estimate of drug-likeness (QED) is 0.704. The van der Waals surface area contributed by atoms with Crippen LogP contribution in [-0.4, -0.2) is 19.3 Å². The number of aryl methyl sites for hydroxylation is 2. The fraction of sp³-hybridized carbons (Fsp3) is 0.100. The van der Waals surface area contributed by atoms with E-state index in [0.29, 0.717) is 16.9 Å². The highest BCUT2D eigenvalue weighted by Crippen LogP contribution is 2.20. The summed E-state index contributed by atoms with van der Waals surface area (Å²) >= 11 is 0. The van der Waals surface area contributed by atoms with Gasteiger partial charge < -0.3 is 5.32 Å². The SMILES string of the molecule is Cc1ccncc1NC(=O)c1ccc(S(=O)(=O)Nc2ccccc2C)cc1. The lowest BCUT2D eigenvalue weighted by molar-refractivity contribution is 0.102. The minimum atomic E-state index is -3.74. The highest BCUT2D eigenvalue weighted by atomic mass is 32.2. The van der Waals surface area contributed by atoms with Crippen LogP contribution in [0.3, 0.4) is 0 Å². The third kappa shape index (κ3) is 4.32. The molecule has 3 rings (SSSR count). The fourth-order valence-corrected chi connectivity index (χ4v) is 3.60. The minimum absolute atomic E-state index is 0.0832. The number of hydrogen-bond acceptors (Lipinski definition) is 4. The Morgan fingerprint density at radius 1 is 0.889 bits per heavy atom. The molecule has 27 heavy (non-hydrogen) atoms. The van der Waals surface area contributed by atoms with Gasteiger partial charge in [0.15, 0.2) is 0 Å². The van der Waals surface area contributed by atoms with Gasteiger partial charge in [0.05, 0.1) is 22.5 Å². The van der Waals surface area contributed by atoms with Crippen molar-refractivity contribution in [2.24, 2.45) is 0 Å². The van der Waals surface area contributed by atoms with E-state index in [9.17, 15) is 13.2 Å². The number of nitrogens with zero attached hydrogens (tertiary/aromatic N) is 1. The van der Waals surface area contributed by atoms with Gasteiger partial charge in [-0.25, -0.2) is 8.42 Å². The van der Waals surface area contributed by atoms with Crippen LogP contribution in [0.4, 0.5) is 11.4 Å². The number of para-hydroxylation sites is 1. The predicted molar refractivity (Wildman–Crippen MR) is 105 cm³/mol. The van der Waals surface area contributed by atoms with Gasteiger partial charge in [0.25, 0.3) is 15.9 Å². The Labute approximate surface area is 158 Å². The number of carbonyl (C=O) groups excluding carboxylic acids is 1. The van der Waals surface area contributed by atoms with E-state index in [2.05, 4.69) is 15.0 Å². The van der Waals surface area contributed by atoms with E-state index >= 15 is 0 Å². The summed E-state index contributed by atoms with van der Waals surface area (Å²) in [6.07, 6.45) is 3.21. The zero-order chi connectivity index (χ0) is 19.4. The summed E-state index contributed by atoms with van der Waals surface area (Å²) in [4.78, 5) is 16.4. The van der Waals surface area contributed by atoms with Gasteiger partial charge in [-0.1, -0.05) is 18.2 Å². The molecule has 0 saturated heterocycles. The molecule has 0 bridgehead atoms. The van der Waals surface area contributed by atoms with Gasteiger partial charge in [-0.2, -0.15) is 0 Å². The van der Waals surface area contributed by atoms with Crippen molar-refractivity contribution >= 4 is 27.3 Å². The average Bonchev–Trinajstić information content (AvgIpc) is 2.65. The molecule has 0 fully saturated rings. The summed E-state index contributed by atoms with van der Waals surface area (Å²) in [5.41, 5.74) is 3.20. The lowest BCUT2D eigenvalue weighted by atomic mass is 10.2. The van der Waals surface area contributed by atoms with Crippen LogP contribution in [0.5, 0.6) is 0 Å². The van der Waals surface area contributed by atoms with Gasteiger partial charge >= 0.3 is 0 Å². The lowest BCUT2D eigenvalue weighted by Crippen LogP contribution is -2.15. The van der Waals surface area contributed by atoms with Crippen molar-refractivity contribution in [2.45, 2.75) is 18.7 Å². The number of anilines is 2. The molecule has 1 heterocycles. The van der Waals surface area contributed by atoms with Crippen molar-refractivity contribution in [3.63, 3.8) is 0 Å². The second-order valence-corrected chi connectivity index (χ2v) is 7.77. The molecule has 0 saturated carbocycles. The summed E-state index contributed by atoms with van der Waals surface area (Å²) < 4.78 is 27.7. The van der Waals surface area contributed by atoms with E-state index < -0.39 is 10.0 Å². The van der Waals surface area contributed by atoms with E-state index in [4.69, 9.17) is 0 Å². The molecule has 0 aliphatic carbocycles. The fourth-order valence-electron chi connectivity index (χ4n) is 2.47. The zero-order valence-electron chi connectivity index (χ0n) is 14.9. The van der Waals surface area contributed by atoms with Crippen LogP contribution in [0, 0.1) is 13.8 Å². The molecule has 2 N–H and O–H groups in total. The number of aromatic nitrogens is 1. The molecular formula is C20H19N3O3S. The van der Waals surface area contributed by atoms with Crippen LogP contribution in [0.2, 0.25) is 0 Å². The van der Waals surface area contributed by atoms with Crippen LogP contribution >= 0.6 is 0 Å². The highest BCUT2D eigenvalue weighted by Gasteiger charge is 2.16. The maximum Gasteiger partial charge on any atom is 0.261 e. The first kappa shape index (κ1) is 18.6. The van der Waals surface area contributed by atoms with E-state index in [1.54, 1.807) is 30.6 Å². The van der Waals surface area contributed by atoms with Crippen LogP contribution in [0.1, 0.15) is 21.5 Å². The van der Waals surface area contributed by atoms with Gasteiger partial charge in [-0.05, 0) is 61.4 Å². The van der Waals surface area contributed by atoms with Crippen molar-refractivity contribution < 1.29 is 13.2 Å². The van der Waals surface area contributed by atoms with Gasteiger partial charge in [-0.3, -0.25) is 14.5 Å². The topological polar surface area (TPSA) is 88.2 Å². The molecule has 0 atom stereocenters. The van der Waals surface area contributed by atoms with Gasteiger partial charge in [0, 0.05) is 11.8 Å². The molecule has 138 valence electrons. The number of benzene rings is 2. The number of sulfonamides is 1. The van der Waals surface area contributed by atoms with Crippen molar-refractivity contribution in [1.82, 2.24) is 4.98 Å². The Morgan fingerprint density at radius 2 is 1.56 bits per heavy atom. The number of hydrogen-bond donors (Lipinski definition) is 2. The second kappa shape index (κ2) is 7.59. The summed E-state index contributed by atoms with van der Waals surface area (Å²) in [6.45, 7) is 3.69. The number of rotatable bonds is 5. The molecule has 0 aliphatic heterocycles. The van der Waals surface area contributed by atoms with Crippen molar-refractivity contribution in [3.05, 3.63) is 83.7 Å². The molecule has 0 unspecified atom stereocenters. The normalized spacial score (nSPS) is 11.0.